The molecule has 2 rings (SSSR count). The van der Waals surface area contributed by atoms with E-state index in [1.807, 2.05) is 6.07 Å². The molecule has 1 saturated carbocycles. The van der Waals surface area contributed by atoms with E-state index in [2.05, 4.69) is 13.8 Å². The highest BCUT2D eigenvalue weighted by Crippen LogP contribution is 2.34. The van der Waals surface area contributed by atoms with E-state index < -0.39 is 0 Å². The third-order valence-corrected chi connectivity index (χ3v) is 3.75. The van der Waals surface area contributed by atoms with Crippen LogP contribution in [0, 0.1) is 11.8 Å². The topological polar surface area (TPSA) is 35.5 Å². The van der Waals surface area contributed by atoms with Crippen molar-refractivity contribution >= 4 is 6.29 Å². The molecule has 1 aromatic rings. The van der Waals surface area contributed by atoms with Crippen LogP contribution in [0.4, 0.5) is 0 Å². The van der Waals surface area contributed by atoms with Gasteiger partial charge in [-0.3, -0.25) is 4.79 Å². The third-order valence-electron chi connectivity index (χ3n) is 3.75. The Morgan fingerprint density at radius 2 is 1.79 bits per heavy atom. The van der Waals surface area contributed by atoms with Gasteiger partial charge in [-0.25, -0.2) is 0 Å². The fourth-order valence-corrected chi connectivity index (χ4v) is 3.00. The third kappa shape index (κ3) is 3.49. The molecule has 0 bridgehead atoms. The first-order valence-corrected chi connectivity index (χ1v) is 6.92. The highest BCUT2D eigenvalue weighted by Gasteiger charge is 2.26. The van der Waals surface area contributed by atoms with Crippen molar-refractivity contribution in [3.05, 3.63) is 23.8 Å². The van der Waals surface area contributed by atoms with E-state index >= 15 is 0 Å². The van der Waals surface area contributed by atoms with Gasteiger partial charge in [-0.15, -0.1) is 0 Å². The maximum absolute atomic E-state index is 10.8. The molecule has 1 aliphatic carbocycles. The molecule has 1 fully saturated rings. The van der Waals surface area contributed by atoms with E-state index in [-0.39, 0.29) is 6.10 Å². The second-order valence-electron chi connectivity index (χ2n) is 5.69. The van der Waals surface area contributed by atoms with Gasteiger partial charge in [0.15, 0.2) is 11.5 Å². The minimum absolute atomic E-state index is 0.245. The smallest absolute Gasteiger partial charge is 0.161 e. The van der Waals surface area contributed by atoms with Crippen LogP contribution in [0.1, 0.15) is 43.5 Å². The molecule has 0 heterocycles. The highest BCUT2D eigenvalue weighted by molar-refractivity contribution is 5.76. The number of methoxy groups -OCH3 is 1. The lowest BCUT2D eigenvalue weighted by molar-refractivity contribution is 0.0979. The van der Waals surface area contributed by atoms with Crippen LogP contribution < -0.4 is 9.47 Å². The molecular weight excluding hydrogens is 240 g/mol. The predicted octanol–water partition coefficient (Wildman–Crippen LogP) is 3.71. The average molecular weight is 262 g/mol. The van der Waals surface area contributed by atoms with E-state index in [9.17, 15) is 4.79 Å². The molecule has 0 aromatic heterocycles. The zero-order valence-corrected chi connectivity index (χ0v) is 11.9. The highest BCUT2D eigenvalue weighted by atomic mass is 16.5. The SMILES string of the molecule is COc1cc(C=O)ccc1OC1CC(C)CC(C)C1. The summed E-state index contributed by atoms with van der Waals surface area (Å²) in [5.74, 6) is 2.78. The quantitative estimate of drug-likeness (QED) is 0.776. The van der Waals surface area contributed by atoms with Gasteiger partial charge in [0.05, 0.1) is 13.2 Å². The fourth-order valence-electron chi connectivity index (χ4n) is 3.00. The lowest BCUT2D eigenvalue weighted by atomic mass is 9.82. The van der Waals surface area contributed by atoms with Crippen molar-refractivity contribution in [2.24, 2.45) is 11.8 Å². The Kier molecular flexibility index (Phi) is 4.46. The number of benzene rings is 1. The number of hydrogen-bond acceptors (Lipinski definition) is 3. The lowest BCUT2D eigenvalue weighted by Gasteiger charge is -2.32. The van der Waals surface area contributed by atoms with E-state index in [1.54, 1.807) is 19.2 Å². The molecule has 104 valence electrons. The average Bonchev–Trinajstić information content (AvgIpc) is 2.38. The lowest BCUT2D eigenvalue weighted by Crippen LogP contribution is -2.28. The number of aldehydes is 1. The Labute approximate surface area is 114 Å². The number of ether oxygens (including phenoxy) is 2. The van der Waals surface area contributed by atoms with Crippen molar-refractivity contribution < 1.29 is 14.3 Å². The summed E-state index contributed by atoms with van der Waals surface area (Å²) in [6.45, 7) is 4.55. The van der Waals surface area contributed by atoms with Crippen molar-refractivity contribution in [2.45, 2.75) is 39.2 Å². The summed E-state index contributed by atoms with van der Waals surface area (Å²) in [4.78, 5) is 10.8. The van der Waals surface area contributed by atoms with Crippen molar-refractivity contribution in [3.63, 3.8) is 0 Å². The summed E-state index contributed by atoms with van der Waals surface area (Å²) in [5, 5.41) is 0. The van der Waals surface area contributed by atoms with Crippen LogP contribution in [0.15, 0.2) is 18.2 Å². The molecule has 0 spiro atoms. The van der Waals surface area contributed by atoms with Crippen LogP contribution >= 0.6 is 0 Å². The molecule has 2 unspecified atom stereocenters. The normalized spacial score (nSPS) is 26.8. The van der Waals surface area contributed by atoms with E-state index in [4.69, 9.17) is 9.47 Å². The predicted molar refractivity (Wildman–Crippen MR) is 75.0 cm³/mol. The first-order valence-electron chi connectivity index (χ1n) is 6.92. The summed E-state index contributed by atoms with van der Waals surface area (Å²) in [7, 11) is 1.60. The molecule has 19 heavy (non-hydrogen) atoms. The second kappa shape index (κ2) is 6.09. The van der Waals surface area contributed by atoms with E-state index in [0.29, 0.717) is 23.1 Å². The molecular formula is C16H22O3. The van der Waals surface area contributed by atoms with Gasteiger partial charge in [0.25, 0.3) is 0 Å². The van der Waals surface area contributed by atoms with E-state index in [0.717, 1.165) is 24.9 Å². The largest absolute Gasteiger partial charge is 0.493 e. The fraction of sp³-hybridized carbons (Fsp3) is 0.562. The minimum atomic E-state index is 0.245. The van der Waals surface area contributed by atoms with Crippen LogP contribution in [-0.2, 0) is 0 Å². The number of carbonyl (C=O) groups is 1. The maximum Gasteiger partial charge on any atom is 0.161 e. The monoisotopic (exact) mass is 262 g/mol. The van der Waals surface area contributed by atoms with Gasteiger partial charge >= 0.3 is 0 Å². The first kappa shape index (κ1) is 13.9. The van der Waals surface area contributed by atoms with Crippen molar-refractivity contribution in [1.29, 1.82) is 0 Å². The van der Waals surface area contributed by atoms with E-state index in [1.165, 1.54) is 6.42 Å². The summed E-state index contributed by atoms with van der Waals surface area (Å²) in [6, 6.07) is 5.31. The molecule has 0 N–H and O–H groups in total. The Morgan fingerprint density at radius 1 is 1.11 bits per heavy atom. The number of rotatable bonds is 4. The number of carbonyl (C=O) groups excluding carboxylic acids is 1. The maximum atomic E-state index is 10.8. The molecule has 1 aromatic carbocycles. The van der Waals surface area contributed by atoms with Crippen molar-refractivity contribution in [1.82, 2.24) is 0 Å². The van der Waals surface area contributed by atoms with Crippen molar-refractivity contribution in [2.75, 3.05) is 7.11 Å². The minimum Gasteiger partial charge on any atom is -0.493 e. The van der Waals surface area contributed by atoms with Crippen LogP contribution in [0.3, 0.4) is 0 Å². The van der Waals surface area contributed by atoms with Gasteiger partial charge in [0, 0.05) is 5.56 Å². The Bertz CT molecular complexity index is 432. The number of hydrogen-bond donors (Lipinski definition) is 0. The van der Waals surface area contributed by atoms with Gasteiger partial charge in [-0.1, -0.05) is 13.8 Å². The second-order valence-corrected chi connectivity index (χ2v) is 5.69. The zero-order valence-electron chi connectivity index (χ0n) is 11.9. The van der Waals surface area contributed by atoms with Gasteiger partial charge in [0.1, 0.15) is 6.29 Å². The Hall–Kier alpha value is -1.51. The summed E-state index contributed by atoms with van der Waals surface area (Å²) in [5.41, 5.74) is 0.606. The first-order chi connectivity index (χ1) is 9.12. The molecule has 0 aliphatic heterocycles. The summed E-state index contributed by atoms with van der Waals surface area (Å²) in [6.07, 6.45) is 4.51. The Morgan fingerprint density at radius 3 is 2.37 bits per heavy atom. The van der Waals surface area contributed by atoms with Crippen LogP contribution in [-0.4, -0.2) is 19.5 Å². The summed E-state index contributed by atoms with van der Waals surface area (Å²) < 4.78 is 11.4. The molecule has 0 radical (unpaired) electrons. The summed E-state index contributed by atoms with van der Waals surface area (Å²) >= 11 is 0. The van der Waals surface area contributed by atoms with Crippen molar-refractivity contribution in [3.8, 4) is 11.5 Å². The van der Waals surface area contributed by atoms with Crippen LogP contribution in [0.25, 0.3) is 0 Å². The van der Waals surface area contributed by atoms with Crippen LogP contribution in [0.2, 0.25) is 0 Å². The zero-order chi connectivity index (χ0) is 13.8. The molecule has 0 saturated heterocycles. The van der Waals surface area contributed by atoms with Gasteiger partial charge in [-0.05, 0) is 49.3 Å². The molecule has 0 amide bonds. The van der Waals surface area contributed by atoms with Gasteiger partial charge in [0.2, 0.25) is 0 Å². The molecule has 1 aliphatic rings. The van der Waals surface area contributed by atoms with Gasteiger partial charge in [-0.2, -0.15) is 0 Å². The molecule has 3 nitrogen and oxygen atoms in total. The molecule has 2 atom stereocenters. The van der Waals surface area contributed by atoms with Gasteiger partial charge < -0.3 is 9.47 Å². The van der Waals surface area contributed by atoms with Crippen LogP contribution in [0.5, 0.6) is 11.5 Å². The molecule has 3 heteroatoms. The standard InChI is InChI=1S/C16H22O3/c1-11-6-12(2)8-14(7-11)19-15-5-4-13(10-17)9-16(15)18-3/h4-5,9-12,14H,6-8H2,1-3H3. The Balaban J connectivity index is 2.11.